The van der Waals surface area contributed by atoms with Gasteiger partial charge in [-0.2, -0.15) is 0 Å². The summed E-state index contributed by atoms with van der Waals surface area (Å²) < 4.78 is 0. The lowest BCUT2D eigenvalue weighted by atomic mass is 9.99. The van der Waals surface area contributed by atoms with Gasteiger partial charge in [0, 0.05) is 18.0 Å². The normalized spacial score (nSPS) is 18.1. The Balaban J connectivity index is 2.02. The Kier molecular flexibility index (Phi) is 4.01. The Bertz CT molecular complexity index is 608. The largest absolute Gasteiger partial charge is 0.363 e. The standard InChI is InChI=1S/C16H19ClN2S/c1-11-13-7-9-20-15(13)6-8-19(11)16-12(10-18-2)4-3-5-14(16)17/h3-5,7,9,11,18H,6,8,10H2,1-2H3. The molecule has 0 amide bonds. The topological polar surface area (TPSA) is 15.3 Å². The van der Waals surface area contributed by atoms with Gasteiger partial charge in [0.15, 0.2) is 0 Å². The molecule has 0 saturated heterocycles. The SMILES string of the molecule is CNCc1cccc(Cl)c1N1CCc2sccc2C1C. The summed E-state index contributed by atoms with van der Waals surface area (Å²) in [6.45, 7) is 4.15. The summed E-state index contributed by atoms with van der Waals surface area (Å²) in [7, 11) is 1.97. The average molecular weight is 307 g/mol. The van der Waals surface area contributed by atoms with E-state index in [1.807, 2.05) is 30.5 Å². The van der Waals surface area contributed by atoms with Gasteiger partial charge in [-0.25, -0.2) is 0 Å². The molecule has 1 atom stereocenters. The molecule has 1 aliphatic rings. The Morgan fingerprint density at radius 3 is 3.05 bits per heavy atom. The van der Waals surface area contributed by atoms with E-state index in [0.29, 0.717) is 6.04 Å². The smallest absolute Gasteiger partial charge is 0.0643 e. The van der Waals surface area contributed by atoms with Gasteiger partial charge in [0.2, 0.25) is 0 Å². The molecule has 2 aromatic rings. The van der Waals surface area contributed by atoms with E-state index in [2.05, 4.69) is 34.7 Å². The third-order valence-corrected chi connectivity index (χ3v) is 5.30. The highest BCUT2D eigenvalue weighted by Crippen LogP contribution is 2.40. The van der Waals surface area contributed by atoms with E-state index < -0.39 is 0 Å². The number of rotatable bonds is 3. The first-order valence-corrected chi connectivity index (χ1v) is 8.23. The summed E-state index contributed by atoms with van der Waals surface area (Å²) in [5.74, 6) is 0. The Labute approximate surface area is 129 Å². The highest BCUT2D eigenvalue weighted by molar-refractivity contribution is 7.10. The highest BCUT2D eigenvalue weighted by Gasteiger charge is 2.27. The average Bonchev–Trinajstić information content (AvgIpc) is 2.90. The molecule has 0 spiro atoms. The van der Waals surface area contributed by atoms with Gasteiger partial charge in [-0.15, -0.1) is 11.3 Å². The Hall–Kier alpha value is -1.03. The zero-order valence-electron chi connectivity index (χ0n) is 11.8. The summed E-state index contributed by atoms with van der Waals surface area (Å²) in [6, 6.07) is 8.83. The van der Waals surface area contributed by atoms with Crippen molar-refractivity contribution in [2.45, 2.75) is 25.9 Å². The van der Waals surface area contributed by atoms with Crippen molar-refractivity contribution in [3.63, 3.8) is 0 Å². The van der Waals surface area contributed by atoms with Crippen LogP contribution in [-0.4, -0.2) is 13.6 Å². The molecule has 1 aromatic heterocycles. The molecule has 1 N–H and O–H groups in total. The minimum Gasteiger partial charge on any atom is -0.363 e. The maximum atomic E-state index is 6.50. The lowest BCUT2D eigenvalue weighted by molar-refractivity contribution is 0.628. The molecule has 2 nitrogen and oxygen atoms in total. The van der Waals surface area contributed by atoms with Gasteiger partial charge in [0.1, 0.15) is 0 Å². The number of nitrogens with zero attached hydrogens (tertiary/aromatic N) is 1. The molecule has 0 fully saturated rings. The molecule has 0 aliphatic carbocycles. The summed E-state index contributed by atoms with van der Waals surface area (Å²) in [4.78, 5) is 3.97. The zero-order valence-corrected chi connectivity index (χ0v) is 13.4. The molecular formula is C16H19ClN2S. The van der Waals surface area contributed by atoms with E-state index in [9.17, 15) is 0 Å². The van der Waals surface area contributed by atoms with Crippen LogP contribution in [0.3, 0.4) is 0 Å². The van der Waals surface area contributed by atoms with Crippen LogP contribution in [0.5, 0.6) is 0 Å². The molecule has 0 radical (unpaired) electrons. The number of benzene rings is 1. The van der Waals surface area contributed by atoms with E-state index in [0.717, 1.165) is 24.5 Å². The zero-order chi connectivity index (χ0) is 14.1. The third-order valence-electron chi connectivity index (χ3n) is 4.00. The molecule has 4 heteroatoms. The summed E-state index contributed by atoms with van der Waals surface area (Å²) in [5.41, 5.74) is 3.91. The highest BCUT2D eigenvalue weighted by atomic mass is 35.5. The number of fused-ring (bicyclic) bond motifs is 1. The van der Waals surface area contributed by atoms with Gasteiger partial charge in [-0.1, -0.05) is 23.7 Å². The molecular weight excluding hydrogens is 288 g/mol. The number of para-hydroxylation sites is 1. The molecule has 2 heterocycles. The monoisotopic (exact) mass is 306 g/mol. The van der Waals surface area contributed by atoms with Crippen molar-refractivity contribution in [2.75, 3.05) is 18.5 Å². The van der Waals surface area contributed by atoms with Crippen LogP contribution in [0.25, 0.3) is 0 Å². The fourth-order valence-electron chi connectivity index (χ4n) is 3.03. The van der Waals surface area contributed by atoms with Crippen molar-refractivity contribution >= 4 is 28.6 Å². The maximum Gasteiger partial charge on any atom is 0.0643 e. The number of nitrogens with one attached hydrogen (secondary N) is 1. The number of thiophene rings is 1. The third kappa shape index (κ3) is 2.34. The summed E-state index contributed by atoms with van der Waals surface area (Å²) >= 11 is 8.37. The fraction of sp³-hybridized carbons (Fsp3) is 0.375. The second-order valence-corrected chi connectivity index (χ2v) is 6.60. The second kappa shape index (κ2) is 5.76. The molecule has 1 aromatic carbocycles. The maximum absolute atomic E-state index is 6.50. The van der Waals surface area contributed by atoms with Gasteiger partial charge < -0.3 is 10.2 Å². The van der Waals surface area contributed by atoms with Crippen LogP contribution in [-0.2, 0) is 13.0 Å². The minimum atomic E-state index is 0.389. The minimum absolute atomic E-state index is 0.389. The molecule has 20 heavy (non-hydrogen) atoms. The second-order valence-electron chi connectivity index (χ2n) is 5.20. The van der Waals surface area contributed by atoms with Crippen LogP contribution < -0.4 is 10.2 Å². The fourth-order valence-corrected chi connectivity index (χ4v) is 4.30. The first-order chi connectivity index (χ1) is 9.72. The van der Waals surface area contributed by atoms with Crippen LogP contribution >= 0.6 is 22.9 Å². The van der Waals surface area contributed by atoms with Crippen LogP contribution in [0.15, 0.2) is 29.6 Å². The van der Waals surface area contributed by atoms with Crippen molar-refractivity contribution in [3.05, 3.63) is 50.7 Å². The van der Waals surface area contributed by atoms with E-state index >= 15 is 0 Å². The predicted octanol–water partition coefficient (Wildman–Crippen LogP) is 4.24. The van der Waals surface area contributed by atoms with Gasteiger partial charge in [-0.05, 0) is 49.0 Å². The van der Waals surface area contributed by atoms with E-state index in [4.69, 9.17) is 11.6 Å². The summed E-state index contributed by atoms with van der Waals surface area (Å²) in [6.07, 6.45) is 1.11. The number of anilines is 1. The van der Waals surface area contributed by atoms with Crippen LogP contribution in [0.2, 0.25) is 5.02 Å². The van der Waals surface area contributed by atoms with Crippen molar-refractivity contribution in [1.82, 2.24) is 5.32 Å². The van der Waals surface area contributed by atoms with Crippen molar-refractivity contribution in [1.29, 1.82) is 0 Å². The lowest BCUT2D eigenvalue weighted by Gasteiger charge is -2.37. The predicted molar refractivity (Wildman–Crippen MR) is 88.0 cm³/mol. The van der Waals surface area contributed by atoms with Crippen LogP contribution in [0.1, 0.15) is 29.0 Å². The molecule has 1 unspecified atom stereocenters. The van der Waals surface area contributed by atoms with Crippen molar-refractivity contribution < 1.29 is 0 Å². The first kappa shape index (κ1) is 13.9. The van der Waals surface area contributed by atoms with E-state index in [-0.39, 0.29) is 0 Å². The molecule has 3 rings (SSSR count). The Morgan fingerprint density at radius 2 is 2.25 bits per heavy atom. The van der Waals surface area contributed by atoms with E-state index in [1.165, 1.54) is 21.7 Å². The number of halogens is 1. The molecule has 0 saturated carbocycles. The number of hydrogen-bond acceptors (Lipinski definition) is 3. The Morgan fingerprint density at radius 1 is 1.40 bits per heavy atom. The number of hydrogen-bond donors (Lipinski definition) is 1. The quantitative estimate of drug-likeness (QED) is 0.912. The van der Waals surface area contributed by atoms with Gasteiger partial charge in [-0.3, -0.25) is 0 Å². The molecule has 106 valence electrons. The van der Waals surface area contributed by atoms with Crippen molar-refractivity contribution in [3.8, 4) is 0 Å². The first-order valence-electron chi connectivity index (χ1n) is 6.97. The van der Waals surface area contributed by atoms with Crippen LogP contribution in [0, 0.1) is 0 Å². The van der Waals surface area contributed by atoms with Gasteiger partial charge in [0.25, 0.3) is 0 Å². The van der Waals surface area contributed by atoms with Gasteiger partial charge in [0.05, 0.1) is 16.8 Å². The van der Waals surface area contributed by atoms with E-state index in [1.54, 1.807) is 0 Å². The molecule has 1 aliphatic heterocycles. The lowest BCUT2D eigenvalue weighted by Crippen LogP contribution is -2.34. The van der Waals surface area contributed by atoms with Crippen molar-refractivity contribution in [2.24, 2.45) is 0 Å². The van der Waals surface area contributed by atoms with Crippen LogP contribution in [0.4, 0.5) is 5.69 Å². The molecule has 0 bridgehead atoms. The van der Waals surface area contributed by atoms with Gasteiger partial charge >= 0.3 is 0 Å². The summed E-state index contributed by atoms with van der Waals surface area (Å²) in [5, 5.41) is 6.29.